The van der Waals surface area contributed by atoms with Crippen LogP contribution in [-0.2, 0) is 4.79 Å². The van der Waals surface area contributed by atoms with E-state index in [-0.39, 0.29) is 30.3 Å². The summed E-state index contributed by atoms with van der Waals surface area (Å²) in [5, 5.41) is 2.83. The first kappa shape index (κ1) is 17.4. The molecule has 0 saturated heterocycles. The molecule has 21 heavy (non-hydrogen) atoms. The van der Waals surface area contributed by atoms with Crippen LogP contribution < -0.4 is 5.32 Å². The van der Waals surface area contributed by atoms with Gasteiger partial charge in [-0.05, 0) is 58.9 Å². The molecule has 1 N–H and O–H groups in total. The Balaban J connectivity index is 2.72. The molecule has 0 saturated carbocycles. The molecule has 4 nitrogen and oxygen atoms in total. The minimum absolute atomic E-state index is 0.0398. The van der Waals surface area contributed by atoms with Gasteiger partial charge in [-0.25, -0.2) is 0 Å². The zero-order chi connectivity index (χ0) is 16.2. The Morgan fingerprint density at radius 3 is 2.29 bits per heavy atom. The average molecular weight is 290 g/mol. The maximum absolute atomic E-state index is 12.5. The third-order valence-electron chi connectivity index (χ3n) is 3.67. The van der Waals surface area contributed by atoms with Gasteiger partial charge in [0.25, 0.3) is 0 Å². The minimum atomic E-state index is -0.329. The number of likely N-dealkylation sites (N-methyl/N-ethyl adjacent to an activating group) is 1. The van der Waals surface area contributed by atoms with Crippen LogP contribution in [0, 0.1) is 13.8 Å². The fourth-order valence-corrected chi connectivity index (χ4v) is 2.07. The molecule has 0 aliphatic heterocycles. The van der Waals surface area contributed by atoms with E-state index in [1.165, 1.54) is 5.56 Å². The van der Waals surface area contributed by atoms with Gasteiger partial charge in [0.1, 0.15) is 0 Å². The number of hydrogen-bond donors (Lipinski definition) is 1. The van der Waals surface area contributed by atoms with Crippen LogP contribution in [0.3, 0.4) is 0 Å². The molecule has 0 bridgehead atoms. The first-order chi connectivity index (χ1) is 9.72. The molecule has 0 aliphatic carbocycles. The highest BCUT2D eigenvalue weighted by Crippen LogP contribution is 2.13. The summed E-state index contributed by atoms with van der Waals surface area (Å²) in [7, 11) is 1.80. The molecule has 0 aromatic heterocycles. The SMILES string of the molecule is Cc1ccc(C(=O)C(C)N(C)CC(=O)NC(C)C)cc1C. The topological polar surface area (TPSA) is 49.4 Å². The highest BCUT2D eigenvalue weighted by Gasteiger charge is 2.21. The molecule has 0 fully saturated rings. The summed E-state index contributed by atoms with van der Waals surface area (Å²) in [6, 6.07) is 5.50. The maximum Gasteiger partial charge on any atom is 0.234 e. The molecule has 0 spiro atoms. The van der Waals surface area contributed by atoms with Crippen molar-refractivity contribution >= 4 is 11.7 Å². The van der Waals surface area contributed by atoms with Crippen LogP contribution in [0.1, 0.15) is 42.3 Å². The summed E-state index contributed by atoms with van der Waals surface area (Å²) in [5.41, 5.74) is 2.97. The molecular formula is C17H26N2O2. The lowest BCUT2D eigenvalue weighted by atomic mass is 10.00. The van der Waals surface area contributed by atoms with Gasteiger partial charge in [0.15, 0.2) is 5.78 Å². The van der Waals surface area contributed by atoms with E-state index in [2.05, 4.69) is 5.32 Å². The van der Waals surface area contributed by atoms with Crippen LogP contribution >= 0.6 is 0 Å². The van der Waals surface area contributed by atoms with Crippen LogP contribution in [-0.4, -0.2) is 42.3 Å². The van der Waals surface area contributed by atoms with E-state index < -0.39 is 0 Å². The van der Waals surface area contributed by atoms with E-state index in [1.54, 1.807) is 11.9 Å². The Morgan fingerprint density at radius 1 is 1.14 bits per heavy atom. The van der Waals surface area contributed by atoms with Gasteiger partial charge in [-0.3, -0.25) is 14.5 Å². The molecule has 0 radical (unpaired) electrons. The summed E-state index contributed by atoms with van der Waals surface area (Å²) < 4.78 is 0. The number of benzene rings is 1. The maximum atomic E-state index is 12.5. The summed E-state index contributed by atoms with van der Waals surface area (Å²) in [4.78, 5) is 26.0. The van der Waals surface area contributed by atoms with Crippen molar-refractivity contribution in [2.75, 3.05) is 13.6 Å². The smallest absolute Gasteiger partial charge is 0.234 e. The minimum Gasteiger partial charge on any atom is -0.353 e. The van der Waals surface area contributed by atoms with Gasteiger partial charge >= 0.3 is 0 Å². The molecule has 4 heteroatoms. The average Bonchev–Trinajstić information content (AvgIpc) is 2.39. The van der Waals surface area contributed by atoms with Crippen LogP contribution in [0.5, 0.6) is 0 Å². The third kappa shape index (κ3) is 4.97. The second-order valence-electron chi connectivity index (χ2n) is 5.98. The van der Waals surface area contributed by atoms with Gasteiger partial charge in [-0.2, -0.15) is 0 Å². The normalized spacial score (nSPS) is 12.6. The number of Topliss-reactive ketones (excluding diaryl/α,β-unsaturated/α-hetero) is 1. The van der Waals surface area contributed by atoms with Crippen molar-refractivity contribution < 1.29 is 9.59 Å². The zero-order valence-corrected chi connectivity index (χ0v) is 13.9. The van der Waals surface area contributed by atoms with E-state index in [1.807, 2.05) is 52.8 Å². The van der Waals surface area contributed by atoms with Crippen molar-refractivity contribution in [1.82, 2.24) is 10.2 Å². The van der Waals surface area contributed by atoms with Gasteiger partial charge in [0, 0.05) is 11.6 Å². The number of ketones is 1. The Bertz CT molecular complexity index is 524. The van der Waals surface area contributed by atoms with Crippen LogP contribution in [0.2, 0.25) is 0 Å². The van der Waals surface area contributed by atoms with Gasteiger partial charge in [0.05, 0.1) is 12.6 Å². The van der Waals surface area contributed by atoms with Crippen molar-refractivity contribution in [1.29, 1.82) is 0 Å². The zero-order valence-electron chi connectivity index (χ0n) is 13.9. The number of rotatable bonds is 6. The second-order valence-corrected chi connectivity index (χ2v) is 5.98. The first-order valence-corrected chi connectivity index (χ1v) is 7.33. The number of carbonyl (C=O) groups is 2. The lowest BCUT2D eigenvalue weighted by Gasteiger charge is -2.23. The molecule has 0 aliphatic rings. The largest absolute Gasteiger partial charge is 0.353 e. The standard InChI is InChI=1S/C17H26N2O2/c1-11(2)18-16(20)10-19(6)14(5)17(21)15-8-7-12(3)13(4)9-15/h7-9,11,14H,10H2,1-6H3,(H,18,20). The Labute approximate surface area is 127 Å². The Morgan fingerprint density at radius 2 is 1.76 bits per heavy atom. The molecule has 1 rings (SSSR count). The predicted octanol–water partition coefficient (Wildman–Crippen LogP) is 2.33. The van der Waals surface area contributed by atoms with Gasteiger partial charge < -0.3 is 5.32 Å². The van der Waals surface area contributed by atoms with Crippen LogP contribution in [0.4, 0.5) is 0 Å². The molecule has 1 aromatic rings. The Hall–Kier alpha value is -1.68. The van der Waals surface area contributed by atoms with Gasteiger partial charge in [0.2, 0.25) is 5.91 Å². The highest BCUT2D eigenvalue weighted by atomic mass is 16.2. The summed E-state index contributed by atoms with van der Waals surface area (Å²) >= 11 is 0. The van der Waals surface area contributed by atoms with Crippen molar-refractivity contribution in [3.63, 3.8) is 0 Å². The number of nitrogens with zero attached hydrogens (tertiary/aromatic N) is 1. The highest BCUT2D eigenvalue weighted by molar-refractivity contribution is 6.00. The molecule has 0 heterocycles. The van der Waals surface area contributed by atoms with E-state index >= 15 is 0 Å². The van der Waals surface area contributed by atoms with Crippen molar-refractivity contribution in [2.45, 2.75) is 46.7 Å². The molecule has 1 aromatic carbocycles. The molecular weight excluding hydrogens is 264 g/mol. The number of aryl methyl sites for hydroxylation is 2. The second kappa shape index (κ2) is 7.36. The lowest BCUT2D eigenvalue weighted by molar-refractivity contribution is -0.122. The number of carbonyl (C=O) groups excluding carboxylic acids is 2. The molecule has 1 unspecified atom stereocenters. The number of amides is 1. The van der Waals surface area contributed by atoms with Crippen molar-refractivity contribution in [2.24, 2.45) is 0 Å². The summed E-state index contributed by atoms with van der Waals surface area (Å²) in [6.45, 7) is 9.91. The fourth-order valence-electron chi connectivity index (χ4n) is 2.07. The van der Waals surface area contributed by atoms with Gasteiger partial charge in [-0.1, -0.05) is 12.1 Å². The fraction of sp³-hybridized carbons (Fsp3) is 0.529. The van der Waals surface area contributed by atoms with Crippen molar-refractivity contribution in [3.8, 4) is 0 Å². The Kier molecular flexibility index (Phi) is 6.09. The van der Waals surface area contributed by atoms with E-state index in [4.69, 9.17) is 0 Å². The van der Waals surface area contributed by atoms with Gasteiger partial charge in [-0.15, -0.1) is 0 Å². The summed E-state index contributed by atoms with van der Waals surface area (Å²) in [5.74, 6) is -0.0230. The monoisotopic (exact) mass is 290 g/mol. The first-order valence-electron chi connectivity index (χ1n) is 7.33. The van der Waals surface area contributed by atoms with E-state index in [9.17, 15) is 9.59 Å². The summed E-state index contributed by atoms with van der Waals surface area (Å²) in [6.07, 6.45) is 0. The van der Waals surface area contributed by atoms with Crippen LogP contribution in [0.25, 0.3) is 0 Å². The predicted molar refractivity (Wildman–Crippen MR) is 85.6 cm³/mol. The lowest BCUT2D eigenvalue weighted by Crippen LogP contribution is -2.44. The number of nitrogens with one attached hydrogen (secondary N) is 1. The van der Waals surface area contributed by atoms with Crippen LogP contribution in [0.15, 0.2) is 18.2 Å². The molecule has 116 valence electrons. The van der Waals surface area contributed by atoms with Crippen molar-refractivity contribution in [3.05, 3.63) is 34.9 Å². The van der Waals surface area contributed by atoms with E-state index in [0.29, 0.717) is 5.56 Å². The number of hydrogen-bond acceptors (Lipinski definition) is 3. The third-order valence-corrected chi connectivity index (χ3v) is 3.67. The quantitative estimate of drug-likeness (QED) is 0.818. The molecule has 1 atom stereocenters. The van der Waals surface area contributed by atoms with E-state index in [0.717, 1.165) is 5.56 Å². The molecule has 1 amide bonds.